The van der Waals surface area contributed by atoms with E-state index in [1.165, 1.54) is 71.1 Å². The number of furan rings is 1. The lowest BCUT2D eigenvalue weighted by molar-refractivity contribution is 0.669. The second kappa shape index (κ2) is 15.0. The summed E-state index contributed by atoms with van der Waals surface area (Å²) in [6.07, 6.45) is 0. The van der Waals surface area contributed by atoms with Crippen LogP contribution in [0, 0.1) is 0 Å². The second-order valence-electron chi connectivity index (χ2n) is 16.9. The fraction of sp³-hybridized carbons (Fsp3) is 0. The summed E-state index contributed by atoms with van der Waals surface area (Å²) in [4.78, 5) is 10.3. The van der Waals surface area contributed by atoms with E-state index in [0.29, 0.717) is 5.82 Å². The van der Waals surface area contributed by atoms with Gasteiger partial charge in [0.1, 0.15) is 11.2 Å². The predicted molar refractivity (Wildman–Crippen MR) is 272 cm³/mol. The van der Waals surface area contributed by atoms with Gasteiger partial charge >= 0.3 is 0 Å². The van der Waals surface area contributed by atoms with E-state index in [1.807, 2.05) is 36.4 Å². The van der Waals surface area contributed by atoms with Gasteiger partial charge < -0.3 is 4.42 Å². The molecule has 13 aromatic rings. The van der Waals surface area contributed by atoms with Crippen LogP contribution in [0.15, 0.2) is 235 Å². The van der Waals surface area contributed by atoms with E-state index in [0.717, 1.165) is 55.4 Å². The first-order chi connectivity index (χ1) is 32.2. The molecule has 0 bridgehead atoms. The molecule has 0 saturated carbocycles. The fourth-order valence-corrected chi connectivity index (χ4v) is 9.92. The third-order valence-electron chi connectivity index (χ3n) is 13.1. The maximum absolute atomic E-state index is 6.15. The first-order valence-electron chi connectivity index (χ1n) is 22.1. The van der Waals surface area contributed by atoms with Gasteiger partial charge in [0, 0.05) is 27.5 Å². The molecular formula is C62H38N2O. The Morgan fingerprint density at radius 2 is 0.769 bits per heavy atom. The van der Waals surface area contributed by atoms with Crippen LogP contribution in [0.3, 0.4) is 0 Å². The number of para-hydroxylation sites is 1. The van der Waals surface area contributed by atoms with Gasteiger partial charge in [0.2, 0.25) is 0 Å². The van der Waals surface area contributed by atoms with Gasteiger partial charge in [-0.15, -0.1) is 0 Å². The third-order valence-corrected chi connectivity index (χ3v) is 13.1. The average molecular weight is 827 g/mol. The predicted octanol–water partition coefficient (Wildman–Crippen LogP) is 17.0. The van der Waals surface area contributed by atoms with Crippen LogP contribution in [0.4, 0.5) is 0 Å². The molecule has 0 amide bonds. The standard InChI is InChI=1S/C62H38N2O/c1-3-14-41(15-4-1)59-51-20-9-10-21-52(51)60(61-49-18-8-7-13-40(49)31-33-53(59)61)42-25-23-39(24-26-42)44-27-28-46-36-47(30-29-45(46)35-44)55-38-56(64-62(63-55)43-16-5-2-6-17-43)48-32-34-58-54(37-48)50-19-11-12-22-57(50)65-58/h1-38H. The van der Waals surface area contributed by atoms with Gasteiger partial charge in [-0.25, -0.2) is 9.97 Å². The van der Waals surface area contributed by atoms with Crippen LogP contribution in [0.1, 0.15) is 0 Å². The lowest BCUT2D eigenvalue weighted by Gasteiger charge is -2.19. The molecule has 0 spiro atoms. The summed E-state index contributed by atoms with van der Waals surface area (Å²) < 4.78 is 6.15. The topological polar surface area (TPSA) is 38.9 Å². The summed E-state index contributed by atoms with van der Waals surface area (Å²) in [6, 6.07) is 82.5. The van der Waals surface area contributed by atoms with Crippen molar-refractivity contribution in [2.24, 2.45) is 0 Å². The zero-order valence-electron chi connectivity index (χ0n) is 35.2. The molecule has 0 fully saturated rings. The van der Waals surface area contributed by atoms with Crippen molar-refractivity contribution in [1.82, 2.24) is 9.97 Å². The zero-order valence-corrected chi connectivity index (χ0v) is 35.2. The van der Waals surface area contributed by atoms with E-state index in [2.05, 4.69) is 194 Å². The summed E-state index contributed by atoms with van der Waals surface area (Å²) >= 11 is 0. The van der Waals surface area contributed by atoms with Gasteiger partial charge in [-0.1, -0.05) is 188 Å². The highest BCUT2D eigenvalue weighted by molar-refractivity contribution is 6.28. The van der Waals surface area contributed by atoms with Gasteiger partial charge in [-0.05, 0) is 119 Å². The monoisotopic (exact) mass is 826 g/mol. The van der Waals surface area contributed by atoms with Gasteiger partial charge in [-0.2, -0.15) is 0 Å². The van der Waals surface area contributed by atoms with E-state index in [1.54, 1.807) is 0 Å². The number of nitrogens with zero attached hydrogens (tertiary/aromatic N) is 2. The Morgan fingerprint density at radius 3 is 1.52 bits per heavy atom. The Kier molecular flexibility index (Phi) is 8.53. The van der Waals surface area contributed by atoms with Crippen LogP contribution < -0.4 is 0 Å². The van der Waals surface area contributed by atoms with Crippen molar-refractivity contribution in [3.63, 3.8) is 0 Å². The minimum Gasteiger partial charge on any atom is -0.456 e. The van der Waals surface area contributed by atoms with Crippen molar-refractivity contribution < 1.29 is 4.42 Å². The minimum atomic E-state index is 0.690. The highest BCUT2D eigenvalue weighted by Gasteiger charge is 2.19. The first-order valence-corrected chi connectivity index (χ1v) is 22.1. The van der Waals surface area contributed by atoms with Gasteiger partial charge in [0.05, 0.1) is 11.4 Å². The number of rotatable bonds is 6. The lowest BCUT2D eigenvalue weighted by Crippen LogP contribution is -1.96. The van der Waals surface area contributed by atoms with Crippen molar-refractivity contribution >= 4 is 65.0 Å². The Morgan fingerprint density at radius 1 is 0.262 bits per heavy atom. The summed E-state index contributed by atoms with van der Waals surface area (Å²) in [5.74, 6) is 0.690. The summed E-state index contributed by atoms with van der Waals surface area (Å²) in [5.41, 5.74) is 13.8. The largest absolute Gasteiger partial charge is 0.456 e. The molecule has 0 aliphatic carbocycles. The van der Waals surface area contributed by atoms with Crippen molar-refractivity contribution in [1.29, 1.82) is 0 Å². The molecular weight excluding hydrogens is 789 g/mol. The molecule has 0 aliphatic rings. The molecule has 0 radical (unpaired) electrons. The van der Waals surface area contributed by atoms with E-state index in [-0.39, 0.29) is 0 Å². The Bertz CT molecular complexity index is 3980. The van der Waals surface area contributed by atoms with Crippen LogP contribution in [0.5, 0.6) is 0 Å². The van der Waals surface area contributed by atoms with Crippen LogP contribution in [0.2, 0.25) is 0 Å². The van der Waals surface area contributed by atoms with Gasteiger partial charge in [0.15, 0.2) is 5.82 Å². The molecule has 0 saturated heterocycles. The first kappa shape index (κ1) is 36.9. The van der Waals surface area contributed by atoms with E-state index in [9.17, 15) is 0 Å². The lowest BCUT2D eigenvalue weighted by atomic mass is 9.84. The number of fused-ring (bicyclic) bond motifs is 8. The molecule has 11 aromatic carbocycles. The second-order valence-corrected chi connectivity index (χ2v) is 16.9. The minimum absolute atomic E-state index is 0.690. The third kappa shape index (κ3) is 6.28. The molecule has 65 heavy (non-hydrogen) atoms. The Balaban J connectivity index is 0.889. The van der Waals surface area contributed by atoms with E-state index < -0.39 is 0 Å². The molecule has 13 rings (SSSR count). The highest BCUT2D eigenvalue weighted by atomic mass is 16.3. The maximum Gasteiger partial charge on any atom is 0.160 e. The average Bonchev–Trinajstić information content (AvgIpc) is 3.76. The van der Waals surface area contributed by atoms with Crippen molar-refractivity contribution in [2.45, 2.75) is 0 Å². The number of hydrogen-bond donors (Lipinski definition) is 0. The van der Waals surface area contributed by atoms with Crippen LogP contribution >= 0.6 is 0 Å². The molecule has 2 aromatic heterocycles. The van der Waals surface area contributed by atoms with Crippen LogP contribution in [-0.4, -0.2) is 9.97 Å². The number of aromatic nitrogens is 2. The van der Waals surface area contributed by atoms with Gasteiger partial charge in [-0.3, -0.25) is 0 Å². The SMILES string of the molecule is c1ccc(-c2nc(-c3ccc4cc(-c5ccc(-c6c7ccccc7c(-c7ccccc7)c7ccc8ccccc8c67)cc5)ccc4c3)cc(-c3ccc4oc5ccccc5c4c3)n2)cc1. The molecule has 302 valence electrons. The van der Waals surface area contributed by atoms with E-state index in [4.69, 9.17) is 14.4 Å². The summed E-state index contributed by atoms with van der Waals surface area (Å²) in [7, 11) is 0. The number of benzene rings is 11. The molecule has 3 heteroatoms. The summed E-state index contributed by atoms with van der Waals surface area (Å²) in [6.45, 7) is 0. The molecule has 2 heterocycles. The van der Waals surface area contributed by atoms with Crippen LogP contribution in [0.25, 0.3) is 132 Å². The van der Waals surface area contributed by atoms with E-state index >= 15 is 0 Å². The normalized spacial score (nSPS) is 11.7. The smallest absolute Gasteiger partial charge is 0.160 e. The Hall–Kier alpha value is -8.66. The quantitative estimate of drug-likeness (QED) is 0.124. The zero-order chi connectivity index (χ0) is 42.8. The number of hydrogen-bond acceptors (Lipinski definition) is 3. The summed E-state index contributed by atoms with van der Waals surface area (Å²) in [5, 5.41) is 12.1. The Labute approximate surface area is 375 Å². The molecule has 0 N–H and O–H groups in total. The highest BCUT2D eigenvalue weighted by Crippen LogP contribution is 2.46. The molecule has 3 nitrogen and oxygen atoms in total. The molecule has 0 unspecified atom stereocenters. The molecule has 0 atom stereocenters. The van der Waals surface area contributed by atoms with Crippen molar-refractivity contribution in [2.75, 3.05) is 0 Å². The van der Waals surface area contributed by atoms with Crippen LogP contribution in [-0.2, 0) is 0 Å². The van der Waals surface area contributed by atoms with Gasteiger partial charge in [0.25, 0.3) is 0 Å². The maximum atomic E-state index is 6.15. The van der Waals surface area contributed by atoms with Crippen molar-refractivity contribution in [3.05, 3.63) is 231 Å². The molecule has 0 aliphatic heterocycles. The fourth-order valence-electron chi connectivity index (χ4n) is 9.92. The van der Waals surface area contributed by atoms with Crippen molar-refractivity contribution in [3.8, 4) is 67.3 Å².